The predicted molar refractivity (Wildman–Crippen MR) is 129 cm³/mol. The van der Waals surface area contributed by atoms with E-state index in [1.54, 1.807) is 12.1 Å². The molecule has 1 unspecified atom stereocenters. The number of fused-ring (bicyclic) bond motifs is 1. The second-order valence-electron chi connectivity index (χ2n) is 9.50. The summed E-state index contributed by atoms with van der Waals surface area (Å²) in [5.41, 5.74) is 4.49. The Labute approximate surface area is 197 Å². The lowest BCUT2D eigenvalue weighted by molar-refractivity contribution is -0.118. The van der Waals surface area contributed by atoms with Crippen molar-refractivity contribution in [2.24, 2.45) is 5.41 Å². The van der Waals surface area contributed by atoms with Gasteiger partial charge in [0.1, 0.15) is 11.9 Å². The lowest BCUT2D eigenvalue weighted by Crippen LogP contribution is -2.36. The van der Waals surface area contributed by atoms with Crippen LogP contribution in [0, 0.1) is 11.2 Å². The number of ketones is 1. The molecule has 0 radical (unpaired) electrons. The number of Topliss-reactive ketones (excluding diaryl/α,β-unsaturated/α-hetero) is 1. The van der Waals surface area contributed by atoms with Gasteiger partial charge in [-0.2, -0.15) is 4.98 Å². The fraction of sp³-hybridized carbons (Fsp3) is 0.346. The molecule has 7 heteroatoms. The van der Waals surface area contributed by atoms with E-state index in [-0.39, 0.29) is 23.1 Å². The number of thioether (sulfide) groups is 1. The highest BCUT2D eigenvalue weighted by Gasteiger charge is 2.41. The first-order valence-electron chi connectivity index (χ1n) is 11.3. The van der Waals surface area contributed by atoms with Crippen LogP contribution >= 0.6 is 11.8 Å². The minimum Gasteiger partial charge on any atom is -0.328 e. The first kappa shape index (κ1) is 21.9. The average molecular weight is 463 g/mol. The third kappa shape index (κ3) is 4.22. The van der Waals surface area contributed by atoms with Crippen molar-refractivity contribution in [1.29, 1.82) is 0 Å². The van der Waals surface area contributed by atoms with Crippen LogP contribution in [0.2, 0.25) is 0 Å². The molecule has 1 aromatic heterocycles. The molecule has 2 heterocycles. The largest absolute Gasteiger partial charge is 0.328 e. The second kappa shape index (κ2) is 8.45. The van der Waals surface area contributed by atoms with E-state index in [0.717, 1.165) is 29.7 Å². The average Bonchev–Trinajstić information content (AvgIpc) is 3.19. The van der Waals surface area contributed by atoms with Crippen molar-refractivity contribution in [3.63, 3.8) is 0 Å². The molecule has 170 valence electrons. The SMILES string of the molecule is CCc1ccc(C2C3=C(CC(C)(C)CC3=O)Nc3nc(SCc4ccccc4F)nn32)cc1. The number of halogens is 1. The smallest absolute Gasteiger partial charge is 0.227 e. The van der Waals surface area contributed by atoms with Gasteiger partial charge in [0, 0.05) is 23.4 Å². The van der Waals surface area contributed by atoms with Crippen LogP contribution in [0.25, 0.3) is 0 Å². The van der Waals surface area contributed by atoms with Crippen molar-refractivity contribution in [3.05, 3.63) is 82.3 Å². The quantitative estimate of drug-likeness (QED) is 0.476. The number of carbonyl (C=O) groups excluding carboxylic acids is 1. The van der Waals surface area contributed by atoms with Gasteiger partial charge in [0.05, 0.1) is 0 Å². The molecule has 0 amide bonds. The zero-order valence-electron chi connectivity index (χ0n) is 19.1. The van der Waals surface area contributed by atoms with Gasteiger partial charge in [-0.05, 0) is 41.0 Å². The molecule has 0 saturated carbocycles. The van der Waals surface area contributed by atoms with Crippen molar-refractivity contribution in [2.45, 2.75) is 57.0 Å². The molecule has 0 bridgehead atoms. The van der Waals surface area contributed by atoms with E-state index in [9.17, 15) is 9.18 Å². The van der Waals surface area contributed by atoms with E-state index in [2.05, 4.69) is 50.4 Å². The summed E-state index contributed by atoms with van der Waals surface area (Å²) < 4.78 is 15.9. The van der Waals surface area contributed by atoms with Crippen LogP contribution in [0.1, 0.15) is 56.3 Å². The highest BCUT2D eigenvalue weighted by Crippen LogP contribution is 2.45. The van der Waals surface area contributed by atoms with Gasteiger partial charge in [-0.15, -0.1) is 5.10 Å². The maximum atomic E-state index is 14.1. The third-order valence-electron chi connectivity index (χ3n) is 6.33. The first-order chi connectivity index (χ1) is 15.8. The minimum atomic E-state index is -0.318. The summed E-state index contributed by atoms with van der Waals surface area (Å²) in [6.45, 7) is 6.37. The zero-order valence-corrected chi connectivity index (χ0v) is 19.9. The Kier molecular flexibility index (Phi) is 5.60. The third-order valence-corrected chi connectivity index (χ3v) is 7.22. The highest BCUT2D eigenvalue weighted by molar-refractivity contribution is 7.98. The Morgan fingerprint density at radius 2 is 1.91 bits per heavy atom. The first-order valence-corrected chi connectivity index (χ1v) is 12.3. The zero-order chi connectivity index (χ0) is 23.2. The summed E-state index contributed by atoms with van der Waals surface area (Å²) in [4.78, 5) is 18.0. The van der Waals surface area contributed by atoms with Crippen molar-refractivity contribution >= 4 is 23.5 Å². The molecule has 2 aliphatic rings. The summed E-state index contributed by atoms with van der Waals surface area (Å²) >= 11 is 1.39. The molecule has 5 rings (SSSR count). The lowest BCUT2D eigenvalue weighted by atomic mass is 9.73. The number of benzene rings is 2. The summed E-state index contributed by atoms with van der Waals surface area (Å²) in [6, 6.07) is 14.8. The Hall–Kier alpha value is -2.93. The van der Waals surface area contributed by atoms with Crippen molar-refractivity contribution in [2.75, 3.05) is 5.32 Å². The van der Waals surface area contributed by atoms with E-state index in [1.807, 2.05) is 10.7 Å². The molecular formula is C26H27FN4OS. The molecule has 0 saturated heterocycles. The van der Waals surface area contributed by atoms with Crippen LogP contribution in [-0.2, 0) is 17.0 Å². The minimum absolute atomic E-state index is 0.107. The molecular weight excluding hydrogens is 435 g/mol. The van der Waals surface area contributed by atoms with Gasteiger partial charge in [-0.1, -0.05) is 75.0 Å². The summed E-state index contributed by atoms with van der Waals surface area (Å²) in [5.74, 6) is 0.983. The van der Waals surface area contributed by atoms with Gasteiger partial charge in [-0.3, -0.25) is 4.79 Å². The summed E-state index contributed by atoms with van der Waals surface area (Å²) in [7, 11) is 0. The van der Waals surface area contributed by atoms with E-state index in [1.165, 1.54) is 23.4 Å². The molecule has 1 N–H and O–H groups in total. The number of allylic oxidation sites excluding steroid dienone is 2. The molecule has 3 aromatic rings. The number of rotatable bonds is 5. The Morgan fingerprint density at radius 1 is 1.15 bits per heavy atom. The maximum absolute atomic E-state index is 14.1. The molecule has 0 spiro atoms. The molecule has 5 nitrogen and oxygen atoms in total. The molecule has 0 fully saturated rings. The normalized spacial score (nSPS) is 19.2. The van der Waals surface area contributed by atoms with Gasteiger partial charge < -0.3 is 5.32 Å². The van der Waals surface area contributed by atoms with Crippen LogP contribution in [0.15, 0.2) is 65.0 Å². The fourth-order valence-corrected chi connectivity index (χ4v) is 5.47. The number of anilines is 1. The van der Waals surface area contributed by atoms with Crippen LogP contribution in [-0.4, -0.2) is 20.5 Å². The van der Waals surface area contributed by atoms with Crippen LogP contribution < -0.4 is 5.32 Å². The number of hydrogen-bond acceptors (Lipinski definition) is 5. The predicted octanol–water partition coefficient (Wildman–Crippen LogP) is 5.93. The number of carbonyl (C=O) groups is 1. The fourth-order valence-electron chi connectivity index (χ4n) is 4.65. The maximum Gasteiger partial charge on any atom is 0.227 e. The Bertz CT molecular complexity index is 1250. The number of nitrogens with zero attached hydrogens (tertiary/aromatic N) is 3. The second-order valence-corrected chi connectivity index (χ2v) is 10.4. The van der Waals surface area contributed by atoms with Crippen LogP contribution in [0.3, 0.4) is 0 Å². The monoisotopic (exact) mass is 462 g/mol. The summed E-state index contributed by atoms with van der Waals surface area (Å²) in [6.07, 6.45) is 2.25. The lowest BCUT2D eigenvalue weighted by Gasteiger charge is -2.38. The Balaban J connectivity index is 1.53. The summed E-state index contributed by atoms with van der Waals surface area (Å²) in [5, 5.41) is 8.71. The molecule has 33 heavy (non-hydrogen) atoms. The van der Waals surface area contributed by atoms with Crippen molar-refractivity contribution in [3.8, 4) is 0 Å². The van der Waals surface area contributed by atoms with E-state index in [4.69, 9.17) is 10.1 Å². The highest BCUT2D eigenvalue weighted by atomic mass is 32.2. The van der Waals surface area contributed by atoms with Gasteiger partial charge in [0.15, 0.2) is 5.78 Å². The van der Waals surface area contributed by atoms with E-state index < -0.39 is 0 Å². The van der Waals surface area contributed by atoms with E-state index in [0.29, 0.717) is 28.8 Å². The molecule has 1 aliphatic heterocycles. The van der Waals surface area contributed by atoms with E-state index >= 15 is 0 Å². The number of aryl methyl sites for hydroxylation is 1. The molecule has 2 aromatic carbocycles. The number of nitrogens with one attached hydrogen (secondary N) is 1. The van der Waals surface area contributed by atoms with Gasteiger partial charge in [0.25, 0.3) is 0 Å². The standard InChI is InChI=1S/C26H27FN4OS/c1-4-16-9-11-17(12-10-16)23-22-20(13-26(2,3)14-21(22)32)28-24-29-25(30-31(23)24)33-15-18-7-5-6-8-19(18)27/h5-12,23H,4,13-15H2,1-3H3,(H,28,29,30). The van der Waals surface area contributed by atoms with Crippen LogP contribution in [0.4, 0.5) is 10.3 Å². The molecule has 1 aliphatic carbocycles. The van der Waals surface area contributed by atoms with Gasteiger partial charge in [0.2, 0.25) is 11.1 Å². The molecule has 1 atom stereocenters. The van der Waals surface area contributed by atoms with Gasteiger partial charge >= 0.3 is 0 Å². The topological polar surface area (TPSA) is 59.8 Å². The van der Waals surface area contributed by atoms with Crippen molar-refractivity contribution in [1.82, 2.24) is 14.8 Å². The Morgan fingerprint density at radius 3 is 2.64 bits per heavy atom. The number of hydrogen-bond donors (Lipinski definition) is 1. The van der Waals surface area contributed by atoms with Gasteiger partial charge in [-0.25, -0.2) is 9.07 Å². The van der Waals surface area contributed by atoms with Crippen LogP contribution in [0.5, 0.6) is 0 Å². The van der Waals surface area contributed by atoms with Crippen molar-refractivity contribution < 1.29 is 9.18 Å². The number of aromatic nitrogens is 3.